The van der Waals surface area contributed by atoms with Gasteiger partial charge in [0.25, 0.3) is 0 Å². The summed E-state index contributed by atoms with van der Waals surface area (Å²) in [5.74, 6) is 2.23. The number of nitrogens with zero attached hydrogens (tertiary/aromatic N) is 2. The first-order chi connectivity index (χ1) is 16.9. The van der Waals surface area contributed by atoms with Crippen molar-refractivity contribution < 1.29 is 14.3 Å². The molecule has 7 heteroatoms. The zero-order valence-corrected chi connectivity index (χ0v) is 21.0. The van der Waals surface area contributed by atoms with E-state index < -0.39 is 0 Å². The number of benzene rings is 2. The van der Waals surface area contributed by atoms with Crippen LogP contribution in [0.1, 0.15) is 65.7 Å². The quantitative estimate of drug-likeness (QED) is 0.361. The van der Waals surface area contributed by atoms with E-state index in [1.165, 1.54) is 42.4 Å². The SMILES string of the molecule is CC(=O)Nc1ncc(C(=O)C[C@@H](C)c2ccc(C3CN(c4ccc(OCC5CC5)cc4)C3)cc2)s1. The summed E-state index contributed by atoms with van der Waals surface area (Å²) in [6, 6.07) is 17.2. The number of amides is 1. The van der Waals surface area contributed by atoms with Crippen LogP contribution in [0.4, 0.5) is 10.8 Å². The predicted molar refractivity (Wildman–Crippen MR) is 140 cm³/mol. The first kappa shape index (κ1) is 23.5. The number of rotatable bonds is 10. The van der Waals surface area contributed by atoms with Crippen molar-refractivity contribution in [3.8, 4) is 5.75 Å². The highest BCUT2D eigenvalue weighted by Gasteiger charge is 2.28. The maximum Gasteiger partial charge on any atom is 0.223 e. The minimum absolute atomic E-state index is 0.0503. The second kappa shape index (κ2) is 10.2. The maximum absolute atomic E-state index is 12.7. The van der Waals surface area contributed by atoms with Crippen molar-refractivity contribution in [3.05, 3.63) is 70.7 Å². The van der Waals surface area contributed by atoms with E-state index in [4.69, 9.17) is 4.74 Å². The van der Waals surface area contributed by atoms with E-state index in [0.29, 0.717) is 22.3 Å². The molecule has 0 spiro atoms. The Morgan fingerprint density at radius 2 is 1.83 bits per heavy atom. The van der Waals surface area contributed by atoms with Crippen molar-refractivity contribution in [2.24, 2.45) is 5.92 Å². The summed E-state index contributed by atoms with van der Waals surface area (Å²) in [5.41, 5.74) is 3.75. The van der Waals surface area contributed by atoms with Crippen LogP contribution in [0.25, 0.3) is 0 Å². The number of carbonyl (C=O) groups excluding carboxylic acids is 2. The molecule has 1 atom stereocenters. The topological polar surface area (TPSA) is 71.5 Å². The summed E-state index contributed by atoms with van der Waals surface area (Å²) in [5, 5.41) is 3.09. The van der Waals surface area contributed by atoms with Gasteiger partial charge in [-0.3, -0.25) is 9.59 Å². The minimum Gasteiger partial charge on any atom is -0.493 e. The Balaban J connectivity index is 1.10. The highest BCUT2D eigenvalue weighted by molar-refractivity contribution is 7.17. The summed E-state index contributed by atoms with van der Waals surface area (Å²) in [6.45, 7) is 6.37. The Labute approximate surface area is 210 Å². The summed E-state index contributed by atoms with van der Waals surface area (Å²) >= 11 is 1.22. The van der Waals surface area contributed by atoms with Gasteiger partial charge in [-0.2, -0.15) is 0 Å². The number of aromatic nitrogens is 1. The lowest BCUT2D eigenvalue weighted by Crippen LogP contribution is -2.45. The molecular formula is C28H31N3O3S. The molecule has 6 nitrogen and oxygen atoms in total. The van der Waals surface area contributed by atoms with Crippen LogP contribution in [0.15, 0.2) is 54.7 Å². The largest absolute Gasteiger partial charge is 0.493 e. The fraction of sp³-hybridized carbons (Fsp3) is 0.393. The number of ketones is 1. The van der Waals surface area contributed by atoms with Crippen molar-refractivity contribution in [1.29, 1.82) is 0 Å². The molecule has 2 aromatic carbocycles. The minimum atomic E-state index is -0.187. The van der Waals surface area contributed by atoms with Crippen LogP contribution in [-0.2, 0) is 4.79 Å². The number of hydrogen-bond donors (Lipinski definition) is 1. The molecule has 1 aliphatic heterocycles. The van der Waals surface area contributed by atoms with Crippen LogP contribution in [0, 0.1) is 5.92 Å². The summed E-state index contributed by atoms with van der Waals surface area (Å²) in [4.78, 5) is 30.9. The zero-order valence-electron chi connectivity index (χ0n) is 20.2. The van der Waals surface area contributed by atoms with E-state index in [0.717, 1.165) is 36.9 Å². The number of hydrogen-bond acceptors (Lipinski definition) is 6. The Morgan fingerprint density at radius 1 is 1.11 bits per heavy atom. The van der Waals surface area contributed by atoms with Crippen LogP contribution in [0.5, 0.6) is 5.75 Å². The average Bonchev–Trinajstić information content (AvgIpc) is 3.54. The van der Waals surface area contributed by atoms with E-state index in [-0.39, 0.29) is 17.6 Å². The maximum atomic E-state index is 12.7. The van der Waals surface area contributed by atoms with E-state index in [1.807, 2.05) is 0 Å². The van der Waals surface area contributed by atoms with Crippen molar-refractivity contribution in [2.45, 2.75) is 44.9 Å². The predicted octanol–water partition coefficient (Wildman–Crippen LogP) is 5.87. The van der Waals surface area contributed by atoms with E-state index >= 15 is 0 Å². The standard InChI is InChI=1S/C28H31N3O3S/c1-18(13-26(33)27-14-29-28(35-27)30-19(2)32)21-5-7-22(8-6-21)23-15-31(16-23)24-9-11-25(12-10-24)34-17-20-3-4-20/h5-12,14,18,20,23H,3-4,13,15-17H2,1-2H3,(H,29,30,32)/t18-/m1/s1. The average molecular weight is 490 g/mol. The summed E-state index contributed by atoms with van der Waals surface area (Å²) in [7, 11) is 0. The van der Waals surface area contributed by atoms with Gasteiger partial charge in [-0.1, -0.05) is 42.5 Å². The normalized spacial score (nSPS) is 16.5. The van der Waals surface area contributed by atoms with Crippen molar-refractivity contribution in [2.75, 3.05) is 29.9 Å². The Kier molecular flexibility index (Phi) is 6.86. The molecule has 0 radical (unpaired) electrons. The lowest BCUT2D eigenvalue weighted by atomic mass is 9.88. The highest BCUT2D eigenvalue weighted by atomic mass is 32.1. The number of anilines is 2. The molecule has 0 bridgehead atoms. The van der Waals surface area contributed by atoms with Crippen LogP contribution in [0.2, 0.25) is 0 Å². The smallest absolute Gasteiger partial charge is 0.223 e. The summed E-state index contributed by atoms with van der Waals surface area (Å²) in [6.07, 6.45) is 4.57. The van der Waals surface area contributed by atoms with Crippen LogP contribution in [-0.4, -0.2) is 36.4 Å². The first-order valence-corrected chi connectivity index (χ1v) is 13.1. The molecule has 1 saturated heterocycles. The molecule has 1 amide bonds. The fourth-order valence-electron chi connectivity index (χ4n) is 4.36. The van der Waals surface area contributed by atoms with Gasteiger partial charge < -0.3 is 15.0 Å². The van der Waals surface area contributed by atoms with Gasteiger partial charge in [-0.25, -0.2) is 4.98 Å². The molecule has 2 fully saturated rings. The molecule has 0 unspecified atom stereocenters. The van der Waals surface area contributed by atoms with Gasteiger partial charge in [0, 0.05) is 38.0 Å². The third-order valence-electron chi connectivity index (χ3n) is 6.80. The molecular weight excluding hydrogens is 458 g/mol. The Morgan fingerprint density at radius 3 is 2.49 bits per heavy atom. The first-order valence-electron chi connectivity index (χ1n) is 12.3. The van der Waals surface area contributed by atoms with Crippen molar-refractivity contribution >= 4 is 33.8 Å². The van der Waals surface area contributed by atoms with Crippen LogP contribution >= 0.6 is 11.3 Å². The van der Waals surface area contributed by atoms with Gasteiger partial charge in [0.2, 0.25) is 5.91 Å². The number of ether oxygens (including phenoxy) is 1. The van der Waals surface area contributed by atoms with E-state index in [2.05, 4.69) is 70.7 Å². The van der Waals surface area contributed by atoms with Gasteiger partial charge in [0.1, 0.15) is 5.75 Å². The van der Waals surface area contributed by atoms with Gasteiger partial charge >= 0.3 is 0 Å². The highest BCUT2D eigenvalue weighted by Crippen LogP contribution is 2.34. The van der Waals surface area contributed by atoms with E-state index in [9.17, 15) is 9.59 Å². The Hall–Kier alpha value is -3.19. The van der Waals surface area contributed by atoms with Crippen molar-refractivity contribution in [3.63, 3.8) is 0 Å². The molecule has 2 heterocycles. The molecule has 1 aliphatic carbocycles. The fourth-order valence-corrected chi connectivity index (χ4v) is 5.17. The molecule has 1 aromatic heterocycles. The lowest BCUT2D eigenvalue weighted by molar-refractivity contribution is -0.114. The van der Waals surface area contributed by atoms with Gasteiger partial charge in [-0.05, 0) is 60.1 Å². The zero-order chi connectivity index (χ0) is 24.4. The van der Waals surface area contributed by atoms with Gasteiger partial charge in [-0.15, -0.1) is 0 Å². The van der Waals surface area contributed by atoms with E-state index in [1.54, 1.807) is 6.20 Å². The molecule has 1 saturated carbocycles. The van der Waals surface area contributed by atoms with Gasteiger partial charge in [0.05, 0.1) is 17.7 Å². The molecule has 2 aliphatic rings. The second-order valence-corrected chi connectivity index (χ2v) is 10.8. The number of thiazole rings is 1. The third-order valence-corrected chi connectivity index (χ3v) is 7.75. The van der Waals surface area contributed by atoms with Crippen LogP contribution < -0.4 is 15.0 Å². The molecule has 1 N–H and O–H groups in total. The second-order valence-electron chi connectivity index (χ2n) is 9.76. The van der Waals surface area contributed by atoms with Crippen LogP contribution in [0.3, 0.4) is 0 Å². The van der Waals surface area contributed by atoms with Gasteiger partial charge in [0.15, 0.2) is 10.9 Å². The number of Topliss-reactive ketones (excluding diaryl/α,β-unsaturated/α-hetero) is 1. The summed E-state index contributed by atoms with van der Waals surface area (Å²) < 4.78 is 5.84. The third kappa shape index (κ3) is 5.90. The molecule has 5 rings (SSSR count). The number of carbonyl (C=O) groups is 2. The van der Waals surface area contributed by atoms with Crippen molar-refractivity contribution in [1.82, 2.24) is 4.98 Å². The monoisotopic (exact) mass is 489 g/mol. The lowest BCUT2D eigenvalue weighted by Gasteiger charge is -2.41. The Bertz CT molecular complexity index is 1180. The number of nitrogens with one attached hydrogen (secondary N) is 1. The molecule has 182 valence electrons. The molecule has 35 heavy (non-hydrogen) atoms. The molecule has 3 aromatic rings.